The number of nitrogens with one attached hydrogen (secondary N) is 2. The van der Waals surface area contributed by atoms with Crippen LogP contribution in [0.3, 0.4) is 0 Å². The van der Waals surface area contributed by atoms with Crippen molar-refractivity contribution in [1.82, 2.24) is 15.0 Å². The Morgan fingerprint density at radius 1 is 1.03 bits per heavy atom. The van der Waals surface area contributed by atoms with Gasteiger partial charge in [-0.3, -0.25) is 0 Å². The molecule has 0 spiro atoms. The first-order valence-corrected chi connectivity index (χ1v) is 11.0. The summed E-state index contributed by atoms with van der Waals surface area (Å²) in [6, 6.07) is 15.9. The van der Waals surface area contributed by atoms with E-state index in [9.17, 15) is 0 Å². The van der Waals surface area contributed by atoms with Gasteiger partial charge in [-0.05, 0) is 35.9 Å². The van der Waals surface area contributed by atoms with Gasteiger partial charge in [-0.1, -0.05) is 34.1 Å². The molecule has 0 amide bonds. The van der Waals surface area contributed by atoms with E-state index < -0.39 is 0 Å². The SMILES string of the molecule is CN(C)c1ccc(/C=N\Nc2nc(Nc3cccc(Br)c3)nc(N3CCOCC3)n2)cc1. The minimum absolute atomic E-state index is 0.361. The van der Waals surface area contributed by atoms with Crippen LogP contribution in [0.15, 0.2) is 58.1 Å². The lowest BCUT2D eigenvalue weighted by atomic mass is 10.2. The van der Waals surface area contributed by atoms with Crippen molar-refractivity contribution in [2.24, 2.45) is 5.10 Å². The topological polar surface area (TPSA) is 90.8 Å². The average Bonchev–Trinajstić information content (AvgIpc) is 2.80. The Morgan fingerprint density at radius 2 is 1.78 bits per heavy atom. The maximum absolute atomic E-state index is 5.45. The number of nitrogens with zero attached hydrogens (tertiary/aromatic N) is 6. The van der Waals surface area contributed by atoms with Crippen LogP contribution in [0.1, 0.15) is 5.56 Å². The molecule has 1 aliphatic heterocycles. The van der Waals surface area contributed by atoms with Crippen molar-refractivity contribution in [3.05, 3.63) is 58.6 Å². The molecule has 2 aromatic carbocycles. The Bertz CT molecular complexity index is 1070. The first-order chi connectivity index (χ1) is 15.6. The van der Waals surface area contributed by atoms with Gasteiger partial charge in [0.1, 0.15) is 0 Å². The van der Waals surface area contributed by atoms with Crippen LogP contribution in [0.2, 0.25) is 0 Å². The number of anilines is 5. The Hall–Kier alpha value is -3.24. The second kappa shape index (κ2) is 10.4. The van der Waals surface area contributed by atoms with E-state index in [4.69, 9.17) is 4.74 Å². The lowest BCUT2D eigenvalue weighted by Crippen LogP contribution is -2.37. The van der Waals surface area contributed by atoms with Crippen LogP contribution in [0.4, 0.5) is 29.2 Å². The van der Waals surface area contributed by atoms with Gasteiger partial charge in [0.25, 0.3) is 0 Å². The van der Waals surface area contributed by atoms with E-state index in [0.717, 1.165) is 34.5 Å². The molecule has 0 aliphatic carbocycles. The highest BCUT2D eigenvalue weighted by Crippen LogP contribution is 2.21. The van der Waals surface area contributed by atoms with Crippen LogP contribution in [0.5, 0.6) is 0 Å². The van der Waals surface area contributed by atoms with Crippen LogP contribution in [0, 0.1) is 0 Å². The highest BCUT2D eigenvalue weighted by atomic mass is 79.9. The van der Waals surface area contributed by atoms with E-state index in [1.54, 1.807) is 6.21 Å². The molecule has 0 bridgehead atoms. The number of hydrogen-bond donors (Lipinski definition) is 2. The maximum atomic E-state index is 5.45. The third-order valence-electron chi connectivity index (χ3n) is 4.79. The van der Waals surface area contributed by atoms with E-state index in [1.807, 2.05) is 62.6 Å². The molecule has 0 atom stereocenters. The molecule has 4 rings (SSSR count). The zero-order valence-electron chi connectivity index (χ0n) is 18.0. The monoisotopic (exact) mass is 496 g/mol. The van der Waals surface area contributed by atoms with E-state index in [2.05, 4.69) is 56.5 Å². The van der Waals surface area contributed by atoms with E-state index in [1.165, 1.54) is 0 Å². The van der Waals surface area contributed by atoms with Crippen molar-refractivity contribution in [3.63, 3.8) is 0 Å². The molecule has 9 nitrogen and oxygen atoms in total. The molecule has 32 heavy (non-hydrogen) atoms. The molecule has 1 saturated heterocycles. The van der Waals surface area contributed by atoms with Crippen molar-refractivity contribution < 1.29 is 4.74 Å². The fourth-order valence-electron chi connectivity index (χ4n) is 3.09. The van der Waals surface area contributed by atoms with Crippen molar-refractivity contribution in [2.45, 2.75) is 0 Å². The second-order valence-corrected chi connectivity index (χ2v) is 8.29. The second-order valence-electron chi connectivity index (χ2n) is 7.37. The summed E-state index contributed by atoms with van der Waals surface area (Å²) in [5, 5.41) is 7.56. The molecule has 0 saturated carbocycles. The van der Waals surface area contributed by atoms with Crippen LogP contribution in [-0.4, -0.2) is 61.6 Å². The van der Waals surface area contributed by atoms with Gasteiger partial charge in [-0.25, -0.2) is 5.43 Å². The summed E-state index contributed by atoms with van der Waals surface area (Å²) in [5.74, 6) is 1.38. The zero-order chi connectivity index (χ0) is 22.3. The standard InChI is InChI=1S/C22H25BrN8O/c1-30(2)19-8-6-16(7-9-19)15-24-29-21-26-20(25-18-5-3-4-17(23)14-18)27-22(28-21)31-10-12-32-13-11-31/h3-9,14-15H,10-13H2,1-2H3,(H2,25,26,27,28,29)/b24-15-. The first-order valence-electron chi connectivity index (χ1n) is 10.2. The van der Waals surface area contributed by atoms with Crippen LogP contribution >= 0.6 is 15.9 Å². The molecule has 0 unspecified atom stereocenters. The number of halogens is 1. The summed E-state index contributed by atoms with van der Waals surface area (Å²) in [4.78, 5) is 17.8. The zero-order valence-corrected chi connectivity index (χ0v) is 19.6. The summed E-state index contributed by atoms with van der Waals surface area (Å²) >= 11 is 3.49. The molecule has 1 fully saturated rings. The number of rotatable bonds is 7. The largest absolute Gasteiger partial charge is 0.378 e. The lowest BCUT2D eigenvalue weighted by molar-refractivity contribution is 0.122. The molecule has 1 aliphatic rings. The summed E-state index contributed by atoms with van der Waals surface area (Å²) in [6.07, 6.45) is 1.74. The minimum Gasteiger partial charge on any atom is -0.378 e. The highest BCUT2D eigenvalue weighted by molar-refractivity contribution is 9.10. The highest BCUT2D eigenvalue weighted by Gasteiger charge is 2.16. The van der Waals surface area contributed by atoms with Gasteiger partial charge < -0.3 is 19.9 Å². The average molecular weight is 497 g/mol. The molecule has 2 N–H and O–H groups in total. The molecule has 0 radical (unpaired) electrons. The number of hydrazone groups is 1. The minimum atomic E-state index is 0.361. The molecular formula is C22H25BrN8O. The molecule has 166 valence electrons. The van der Waals surface area contributed by atoms with Crippen molar-refractivity contribution >= 4 is 51.4 Å². The Morgan fingerprint density at radius 3 is 2.50 bits per heavy atom. The smallest absolute Gasteiger partial charge is 0.250 e. The van der Waals surface area contributed by atoms with Crippen LogP contribution in [-0.2, 0) is 4.74 Å². The predicted molar refractivity (Wildman–Crippen MR) is 132 cm³/mol. The van der Waals surface area contributed by atoms with Gasteiger partial charge >= 0.3 is 0 Å². The third-order valence-corrected chi connectivity index (χ3v) is 5.28. The predicted octanol–water partition coefficient (Wildman–Crippen LogP) is 3.73. The first kappa shape index (κ1) is 22.0. The van der Waals surface area contributed by atoms with Crippen molar-refractivity contribution in [2.75, 3.05) is 60.9 Å². The number of hydrogen-bond acceptors (Lipinski definition) is 9. The number of benzene rings is 2. The Balaban J connectivity index is 1.54. The Kier molecular flexibility index (Phi) is 7.13. The molecule has 10 heteroatoms. The summed E-state index contributed by atoms with van der Waals surface area (Å²) in [5.41, 5.74) is 5.91. The molecule has 3 aromatic rings. The van der Waals surface area contributed by atoms with Gasteiger partial charge in [0, 0.05) is 43.0 Å². The van der Waals surface area contributed by atoms with Gasteiger partial charge in [-0.2, -0.15) is 20.1 Å². The quantitative estimate of drug-likeness (QED) is 0.377. The third kappa shape index (κ3) is 5.92. The van der Waals surface area contributed by atoms with E-state index >= 15 is 0 Å². The number of ether oxygens (including phenoxy) is 1. The van der Waals surface area contributed by atoms with Gasteiger partial charge in [-0.15, -0.1) is 0 Å². The van der Waals surface area contributed by atoms with Crippen molar-refractivity contribution in [3.8, 4) is 0 Å². The van der Waals surface area contributed by atoms with E-state index in [0.29, 0.717) is 31.1 Å². The van der Waals surface area contributed by atoms with Crippen molar-refractivity contribution in [1.29, 1.82) is 0 Å². The molecule has 2 heterocycles. The summed E-state index contributed by atoms with van der Waals surface area (Å²) in [6.45, 7) is 2.73. The van der Waals surface area contributed by atoms with E-state index in [-0.39, 0.29) is 0 Å². The molecular weight excluding hydrogens is 472 g/mol. The fraction of sp³-hybridized carbons (Fsp3) is 0.273. The van der Waals surface area contributed by atoms with Gasteiger partial charge in [0.15, 0.2) is 0 Å². The van der Waals surface area contributed by atoms with Gasteiger partial charge in [0.2, 0.25) is 17.8 Å². The van der Waals surface area contributed by atoms with Crippen LogP contribution in [0.25, 0.3) is 0 Å². The fourth-order valence-corrected chi connectivity index (χ4v) is 3.49. The van der Waals surface area contributed by atoms with Gasteiger partial charge in [0.05, 0.1) is 19.4 Å². The van der Waals surface area contributed by atoms with Crippen LogP contribution < -0.4 is 20.5 Å². The Labute approximate surface area is 195 Å². The normalized spacial score (nSPS) is 13.9. The molecule has 1 aromatic heterocycles. The maximum Gasteiger partial charge on any atom is 0.250 e. The summed E-state index contributed by atoms with van der Waals surface area (Å²) in [7, 11) is 4.02. The summed E-state index contributed by atoms with van der Waals surface area (Å²) < 4.78 is 6.42. The number of morpholine rings is 1. The number of aromatic nitrogens is 3. The lowest BCUT2D eigenvalue weighted by Gasteiger charge is -2.27.